The number of rotatable bonds is 7. The van der Waals surface area contributed by atoms with Crippen molar-refractivity contribution in [3.05, 3.63) is 46.1 Å². The molecule has 0 fully saturated rings. The quantitative estimate of drug-likeness (QED) is 0.821. The molecule has 1 N–H and O–H groups in total. The van der Waals surface area contributed by atoms with Gasteiger partial charge in [0.05, 0.1) is 10.2 Å². The summed E-state index contributed by atoms with van der Waals surface area (Å²) in [4.78, 5) is 13.5. The molecule has 0 saturated heterocycles. The molecule has 0 amide bonds. The first-order chi connectivity index (χ1) is 10.2. The normalized spacial score (nSPS) is 10.6. The smallest absolute Gasteiger partial charge is 0.144 e. The fraction of sp³-hybridized carbons (Fsp3) is 0.438. The van der Waals surface area contributed by atoms with Crippen LogP contribution in [0.5, 0.6) is 0 Å². The topological polar surface area (TPSA) is 50.7 Å². The van der Waals surface area contributed by atoms with Crippen molar-refractivity contribution < 1.29 is 0 Å². The molecule has 21 heavy (non-hydrogen) atoms. The monoisotopic (exact) mass is 348 g/mol. The van der Waals surface area contributed by atoms with Gasteiger partial charge < -0.3 is 5.32 Å². The Morgan fingerprint density at radius 1 is 1.19 bits per heavy atom. The van der Waals surface area contributed by atoms with Crippen molar-refractivity contribution in [3.8, 4) is 0 Å². The zero-order chi connectivity index (χ0) is 15.1. The van der Waals surface area contributed by atoms with Crippen LogP contribution in [-0.4, -0.2) is 21.5 Å². The van der Waals surface area contributed by atoms with E-state index in [1.807, 2.05) is 12.3 Å². The molecule has 2 rings (SSSR count). The maximum atomic E-state index is 4.70. The molecule has 0 radical (unpaired) electrons. The van der Waals surface area contributed by atoms with Crippen molar-refractivity contribution in [1.29, 1.82) is 0 Å². The van der Waals surface area contributed by atoms with Gasteiger partial charge in [0.15, 0.2) is 0 Å². The Bertz CT molecular complexity index is 572. The fourth-order valence-corrected chi connectivity index (χ4v) is 2.59. The van der Waals surface area contributed by atoms with Gasteiger partial charge in [-0.2, -0.15) is 0 Å². The highest BCUT2D eigenvalue weighted by Crippen LogP contribution is 2.25. The summed E-state index contributed by atoms with van der Waals surface area (Å²) in [5.41, 5.74) is 2.20. The lowest BCUT2D eigenvalue weighted by molar-refractivity contribution is 0.830. The zero-order valence-corrected chi connectivity index (χ0v) is 14.2. The Hall–Kier alpha value is -1.49. The van der Waals surface area contributed by atoms with Crippen molar-refractivity contribution >= 4 is 21.7 Å². The van der Waals surface area contributed by atoms with Gasteiger partial charge in [0.1, 0.15) is 11.6 Å². The summed E-state index contributed by atoms with van der Waals surface area (Å²) >= 11 is 3.63. The summed E-state index contributed by atoms with van der Waals surface area (Å²) in [5.74, 6) is 1.74. The summed E-state index contributed by atoms with van der Waals surface area (Å²) in [6.07, 6.45) is 7.43. The maximum absolute atomic E-state index is 4.70. The minimum atomic E-state index is 0.707. The van der Waals surface area contributed by atoms with Crippen molar-refractivity contribution in [2.45, 2.75) is 39.5 Å². The second-order valence-corrected chi connectivity index (χ2v) is 5.76. The molecule has 2 aromatic heterocycles. The highest BCUT2D eigenvalue weighted by Gasteiger charge is 2.12. The highest BCUT2D eigenvalue weighted by atomic mass is 79.9. The number of nitrogens with one attached hydrogen (secondary N) is 1. The lowest BCUT2D eigenvalue weighted by Crippen LogP contribution is -2.09. The van der Waals surface area contributed by atoms with E-state index in [9.17, 15) is 0 Å². The standard InChI is InChI=1S/C16H21BrN4/c1-3-6-13-15(17)16(19-8-4-2)21-14(20-13)10-12-7-5-9-18-11-12/h5,7,9,11H,3-4,6,8,10H2,1-2H3,(H,19,20,21). The van der Waals surface area contributed by atoms with Gasteiger partial charge in [-0.05, 0) is 40.4 Å². The van der Waals surface area contributed by atoms with E-state index in [0.717, 1.165) is 53.2 Å². The molecular formula is C16H21BrN4. The molecule has 0 unspecified atom stereocenters. The van der Waals surface area contributed by atoms with Gasteiger partial charge in [0, 0.05) is 25.4 Å². The largest absolute Gasteiger partial charge is 0.369 e. The molecule has 2 heterocycles. The number of pyridine rings is 1. The van der Waals surface area contributed by atoms with Gasteiger partial charge in [-0.3, -0.25) is 4.98 Å². The van der Waals surface area contributed by atoms with Gasteiger partial charge in [-0.1, -0.05) is 26.3 Å². The van der Waals surface area contributed by atoms with Crippen LogP contribution in [0.25, 0.3) is 0 Å². The second kappa shape index (κ2) is 8.08. The lowest BCUT2D eigenvalue weighted by Gasteiger charge is -2.12. The van der Waals surface area contributed by atoms with Crippen LogP contribution in [0.1, 0.15) is 43.8 Å². The number of halogens is 1. The van der Waals surface area contributed by atoms with Crippen LogP contribution >= 0.6 is 15.9 Å². The Labute approximate surface area is 134 Å². The van der Waals surface area contributed by atoms with Gasteiger partial charge >= 0.3 is 0 Å². The van der Waals surface area contributed by atoms with Gasteiger partial charge in [-0.15, -0.1) is 0 Å². The second-order valence-electron chi connectivity index (χ2n) is 4.96. The summed E-state index contributed by atoms with van der Waals surface area (Å²) in [5, 5.41) is 3.37. The lowest BCUT2D eigenvalue weighted by atomic mass is 10.2. The molecule has 2 aromatic rings. The molecule has 0 atom stereocenters. The van der Waals surface area contributed by atoms with Crippen molar-refractivity contribution in [2.75, 3.05) is 11.9 Å². The molecule has 0 saturated carbocycles. The average Bonchev–Trinajstić information content (AvgIpc) is 2.50. The van der Waals surface area contributed by atoms with Crippen LogP contribution in [-0.2, 0) is 12.8 Å². The summed E-state index contributed by atoms with van der Waals surface area (Å²) in [6.45, 7) is 5.22. The first-order valence-electron chi connectivity index (χ1n) is 7.42. The Balaban J connectivity index is 2.29. The first kappa shape index (κ1) is 15.9. The van der Waals surface area contributed by atoms with Crippen molar-refractivity contribution in [2.24, 2.45) is 0 Å². The van der Waals surface area contributed by atoms with E-state index in [2.05, 4.69) is 51.1 Å². The number of hydrogen-bond acceptors (Lipinski definition) is 4. The first-order valence-corrected chi connectivity index (χ1v) is 8.22. The van der Waals surface area contributed by atoms with E-state index >= 15 is 0 Å². The Morgan fingerprint density at radius 2 is 2.05 bits per heavy atom. The SMILES string of the molecule is CCCNc1nc(Cc2cccnc2)nc(CCC)c1Br. The van der Waals surface area contributed by atoms with E-state index in [0.29, 0.717) is 6.42 Å². The number of anilines is 1. The summed E-state index contributed by atoms with van der Waals surface area (Å²) < 4.78 is 0.993. The maximum Gasteiger partial charge on any atom is 0.144 e. The van der Waals surface area contributed by atoms with E-state index in [1.165, 1.54) is 0 Å². The molecule has 0 spiro atoms. The average molecular weight is 349 g/mol. The molecule has 4 nitrogen and oxygen atoms in total. The molecule has 0 aliphatic rings. The highest BCUT2D eigenvalue weighted by molar-refractivity contribution is 9.10. The number of aromatic nitrogens is 3. The van der Waals surface area contributed by atoms with E-state index < -0.39 is 0 Å². The molecular weight excluding hydrogens is 328 g/mol. The third kappa shape index (κ3) is 4.49. The van der Waals surface area contributed by atoms with Gasteiger partial charge in [-0.25, -0.2) is 9.97 Å². The van der Waals surface area contributed by atoms with E-state index in [4.69, 9.17) is 4.98 Å². The van der Waals surface area contributed by atoms with Gasteiger partial charge in [0.25, 0.3) is 0 Å². The van der Waals surface area contributed by atoms with Crippen LogP contribution in [0, 0.1) is 0 Å². The van der Waals surface area contributed by atoms with Crippen molar-refractivity contribution in [3.63, 3.8) is 0 Å². The van der Waals surface area contributed by atoms with Crippen LogP contribution in [0.3, 0.4) is 0 Å². The molecule has 0 aromatic carbocycles. The fourth-order valence-electron chi connectivity index (χ4n) is 2.07. The molecule has 0 bridgehead atoms. The minimum Gasteiger partial charge on any atom is -0.369 e. The van der Waals surface area contributed by atoms with Crippen molar-refractivity contribution in [1.82, 2.24) is 15.0 Å². The van der Waals surface area contributed by atoms with E-state index in [1.54, 1.807) is 6.20 Å². The number of hydrogen-bond donors (Lipinski definition) is 1. The van der Waals surface area contributed by atoms with Crippen LogP contribution in [0.15, 0.2) is 29.0 Å². The predicted octanol–water partition coefficient (Wildman–Crippen LogP) is 4.00. The third-order valence-corrected chi connectivity index (χ3v) is 3.91. The van der Waals surface area contributed by atoms with Gasteiger partial charge in [0.2, 0.25) is 0 Å². The predicted molar refractivity (Wildman–Crippen MR) is 89.6 cm³/mol. The van der Waals surface area contributed by atoms with E-state index in [-0.39, 0.29) is 0 Å². The molecule has 0 aliphatic carbocycles. The molecule has 112 valence electrons. The zero-order valence-electron chi connectivity index (χ0n) is 12.6. The Kier molecular flexibility index (Phi) is 6.11. The summed E-state index contributed by atoms with van der Waals surface area (Å²) in [6, 6.07) is 3.99. The molecule has 5 heteroatoms. The number of aryl methyl sites for hydroxylation is 1. The summed E-state index contributed by atoms with van der Waals surface area (Å²) in [7, 11) is 0. The minimum absolute atomic E-state index is 0.707. The van der Waals surface area contributed by atoms with Crippen LogP contribution < -0.4 is 5.32 Å². The van der Waals surface area contributed by atoms with Crippen LogP contribution in [0.2, 0.25) is 0 Å². The van der Waals surface area contributed by atoms with Crippen LogP contribution in [0.4, 0.5) is 5.82 Å². The third-order valence-electron chi connectivity index (χ3n) is 3.08. The Morgan fingerprint density at radius 3 is 2.71 bits per heavy atom. The number of nitrogens with zero attached hydrogens (tertiary/aromatic N) is 3. The molecule has 0 aliphatic heterocycles.